The van der Waals surface area contributed by atoms with Gasteiger partial charge in [0.25, 0.3) is 15.9 Å². The molecule has 0 radical (unpaired) electrons. The molecule has 8 nitrogen and oxygen atoms in total. The molecule has 1 aromatic carbocycles. The number of sulfonamides is 1. The van der Waals surface area contributed by atoms with Crippen LogP contribution in [0.4, 0.5) is 22.0 Å². The van der Waals surface area contributed by atoms with Crippen LogP contribution in [-0.4, -0.2) is 49.4 Å². The maximum atomic E-state index is 14.3. The SMILES string of the molecule is Cc1cccc(S(=O)(=O)NC(=O)c2ccc(-c3cc(F)cc(OCC(C)C)c3)nc2OC(C)C(F)(F)C(F)F)n1.[HH].[HH]. The average molecular weight is 592 g/mol. The van der Waals surface area contributed by atoms with Gasteiger partial charge in [0.05, 0.1) is 12.3 Å². The van der Waals surface area contributed by atoms with E-state index in [2.05, 4.69) is 9.97 Å². The molecule has 0 aliphatic rings. The highest BCUT2D eigenvalue weighted by Gasteiger charge is 2.48. The maximum Gasteiger partial charge on any atom is 0.343 e. The van der Waals surface area contributed by atoms with Gasteiger partial charge in [0, 0.05) is 20.2 Å². The quantitative estimate of drug-likeness (QED) is 0.277. The summed E-state index contributed by atoms with van der Waals surface area (Å²) in [4.78, 5) is 20.8. The minimum atomic E-state index is -4.65. The van der Waals surface area contributed by atoms with E-state index in [0.717, 1.165) is 24.3 Å². The molecular formula is C26H30F5N3O5S. The van der Waals surface area contributed by atoms with E-state index in [1.807, 2.05) is 13.8 Å². The summed E-state index contributed by atoms with van der Waals surface area (Å²) in [5.41, 5.74) is -0.346. The number of rotatable bonds is 11. The Hall–Kier alpha value is -3.81. The number of carbonyl (C=O) groups is 1. The number of carbonyl (C=O) groups excluding carboxylic acids is 1. The molecule has 40 heavy (non-hydrogen) atoms. The number of nitrogens with zero attached hydrogens (tertiary/aromatic N) is 2. The van der Waals surface area contributed by atoms with Crippen LogP contribution in [0.1, 0.15) is 39.7 Å². The first kappa shape index (κ1) is 30.7. The summed E-state index contributed by atoms with van der Waals surface area (Å²) >= 11 is 0. The molecule has 0 aliphatic carbocycles. The molecule has 0 fully saturated rings. The van der Waals surface area contributed by atoms with Crippen molar-refractivity contribution in [2.75, 3.05) is 6.61 Å². The number of benzene rings is 1. The second-order valence-electron chi connectivity index (χ2n) is 9.22. The van der Waals surface area contributed by atoms with Crippen LogP contribution < -0.4 is 14.2 Å². The number of alkyl halides is 4. The molecular weight excluding hydrogens is 561 g/mol. The first-order valence-electron chi connectivity index (χ1n) is 11.9. The molecule has 220 valence electrons. The smallest absolute Gasteiger partial charge is 0.343 e. The van der Waals surface area contributed by atoms with Gasteiger partial charge in [-0.2, -0.15) is 17.2 Å². The fraction of sp³-hybridized carbons (Fsp3) is 0.346. The zero-order valence-electron chi connectivity index (χ0n) is 21.8. The summed E-state index contributed by atoms with van der Waals surface area (Å²) in [7, 11) is -4.53. The number of ether oxygens (including phenoxy) is 2. The van der Waals surface area contributed by atoms with Crippen LogP contribution in [0.3, 0.4) is 0 Å². The van der Waals surface area contributed by atoms with Gasteiger partial charge in [-0.25, -0.2) is 27.9 Å². The Morgan fingerprint density at radius 2 is 1.77 bits per heavy atom. The van der Waals surface area contributed by atoms with Crippen molar-refractivity contribution >= 4 is 15.9 Å². The van der Waals surface area contributed by atoms with E-state index in [1.54, 1.807) is 4.72 Å². The Labute approximate surface area is 230 Å². The summed E-state index contributed by atoms with van der Waals surface area (Å²) in [5.74, 6) is -7.37. The van der Waals surface area contributed by atoms with Gasteiger partial charge < -0.3 is 9.47 Å². The predicted octanol–water partition coefficient (Wildman–Crippen LogP) is 5.90. The lowest BCUT2D eigenvalue weighted by Crippen LogP contribution is -2.42. The third-order valence-corrected chi connectivity index (χ3v) is 6.57. The number of halogens is 5. The molecule has 3 rings (SSSR count). The molecule has 0 saturated carbocycles. The average Bonchev–Trinajstić information content (AvgIpc) is 2.86. The number of amides is 1. The van der Waals surface area contributed by atoms with Crippen LogP contribution in [-0.2, 0) is 10.0 Å². The first-order chi connectivity index (χ1) is 18.6. The Balaban J connectivity index is 0.00000441. The number of pyridine rings is 2. The minimum Gasteiger partial charge on any atom is -0.493 e. The fourth-order valence-corrected chi connectivity index (χ4v) is 4.22. The summed E-state index contributed by atoms with van der Waals surface area (Å²) in [6, 6.07) is 9.73. The van der Waals surface area contributed by atoms with Gasteiger partial charge in [-0.05, 0) is 56.2 Å². The van der Waals surface area contributed by atoms with Gasteiger partial charge in [0.1, 0.15) is 17.1 Å². The zero-order chi connectivity index (χ0) is 29.8. The van der Waals surface area contributed by atoms with Gasteiger partial charge in [-0.15, -0.1) is 0 Å². The molecule has 1 N–H and O–H groups in total. The fourth-order valence-electron chi connectivity index (χ4n) is 3.24. The second-order valence-corrected chi connectivity index (χ2v) is 10.8. The zero-order valence-corrected chi connectivity index (χ0v) is 22.6. The lowest BCUT2D eigenvalue weighted by Gasteiger charge is -2.24. The Kier molecular flexibility index (Phi) is 9.33. The molecule has 0 aliphatic heterocycles. The van der Waals surface area contributed by atoms with Crippen LogP contribution in [0.5, 0.6) is 11.6 Å². The monoisotopic (exact) mass is 591 g/mol. The summed E-state index contributed by atoms with van der Waals surface area (Å²) < 4.78 is 106. The molecule has 14 heteroatoms. The standard InChI is InChI=1S/C26H26F5N3O5S.2H2/c1-14(2)13-38-19-11-17(10-18(27)12-19)21-9-8-20(24(33-21)39-16(4)26(30,31)25(28)29)23(35)34-40(36,37)22-7-5-6-15(3)32-22;;/h5-12,14,16,25H,13H2,1-4H3,(H,34,35);2*1H. The maximum absolute atomic E-state index is 14.3. The molecule has 2 aromatic heterocycles. The highest BCUT2D eigenvalue weighted by molar-refractivity contribution is 7.90. The summed E-state index contributed by atoms with van der Waals surface area (Å²) in [6.45, 7) is 6.16. The van der Waals surface area contributed by atoms with E-state index in [4.69, 9.17) is 9.47 Å². The topological polar surface area (TPSA) is 107 Å². The van der Waals surface area contributed by atoms with Crippen LogP contribution in [0, 0.1) is 18.7 Å². The van der Waals surface area contributed by atoms with Gasteiger partial charge in [-0.1, -0.05) is 19.9 Å². The molecule has 1 unspecified atom stereocenters. The summed E-state index contributed by atoms with van der Waals surface area (Å²) in [5, 5.41) is -0.501. The van der Waals surface area contributed by atoms with E-state index in [-0.39, 0.29) is 32.4 Å². The number of aromatic nitrogens is 2. The molecule has 2 heterocycles. The third kappa shape index (κ3) is 7.43. The van der Waals surface area contributed by atoms with Crippen molar-refractivity contribution in [3.8, 4) is 22.9 Å². The van der Waals surface area contributed by atoms with Crippen molar-refractivity contribution in [1.29, 1.82) is 0 Å². The number of hydrogen-bond donors (Lipinski definition) is 1. The second kappa shape index (κ2) is 12.1. The van der Waals surface area contributed by atoms with Crippen LogP contribution in [0.15, 0.2) is 53.6 Å². The van der Waals surface area contributed by atoms with Gasteiger partial charge in [0.2, 0.25) is 5.88 Å². The molecule has 0 saturated heterocycles. The molecule has 1 amide bonds. The normalized spacial score (nSPS) is 12.9. The number of nitrogens with one attached hydrogen (secondary N) is 1. The van der Waals surface area contributed by atoms with Crippen molar-refractivity contribution in [3.63, 3.8) is 0 Å². The Bertz CT molecular complexity index is 1500. The minimum absolute atomic E-state index is 0. The Morgan fingerprint density at radius 1 is 1.07 bits per heavy atom. The number of hydrogen-bond acceptors (Lipinski definition) is 7. The van der Waals surface area contributed by atoms with E-state index in [0.29, 0.717) is 12.6 Å². The van der Waals surface area contributed by atoms with Gasteiger partial charge >= 0.3 is 12.3 Å². The lowest BCUT2D eigenvalue weighted by atomic mass is 10.1. The molecule has 0 spiro atoms. The van der Waals surface area contributed by atoms with Crippen molar-refractivity contribution in [3.05, 3.63) is 65.6 Å². The van der Waals surface area contributed by atoms with E-state index < -0.39 is 56.7 Å². The van der Waals surface area contributed by atoms with Crippen LogP contribution >= 0.6 is 0 Å². The molecule has 3 aromatic rings. The highest BCUT2D eigenvalue weighted by atomic mass is 32.2. The largest absolute Gasteiger partial charge is 0.493 e. The van der Waals surface area contributed by atoms with E-state index in [1.165, 1.54) is 31.2 Å². The van der Waals surface area contributed by atoms with Crippen LogP contribution in [0.25, 0.3) is 11.3 Å². The van der Waals surface area contributed by atoms with E-state index >= 15 is 0 Å². The Morgan fingerprint density at radius 3 is 2.40 bits per heavy atom. The van der Waals surface area contributed by atoms with Gasteiger partial charge in [-0.3, -0.25) is 4.79 Å². The highest BCUT2D eigenvalue weighted by Crippen LogP contribution is 2.33. The number of aryl methyl sites for hydroxylation is 1. The van der Waals surface area contributed by atoms with E-state index in [9.17, 15) is 35.2 Å². The van der Waals surface area contributed by atoms with Crippen molar-refractivity contribution in [1.82, 2.24) is 14.7 Å². The first-order valence-corrected chi connectivity index (χ1v) is 13.4. The molecule has 1 atom stereocenters. The summed E-state index contributed by atoms with van der Waals surface area (Å²) in [6.07, 6.45) is -6.60. The van der Waals surface area contributed by atoms with Gasteiger partial charge in [0.15, 0.2) is 11.1 Å². The molecule has 0 bridgehead atoms. The van der Waals surface area contributed by atoms with Crippen molar-refractivity contribution in [2.45, 2.75) is 51.2 Å². The van der Waals surface area contributed by atoms with Crippen molar-refractivity contribution < 1.29 is 47.5 Å². The predicted molar refractivity (Wildman–Crippen MR) is 139 cm³/mol. The van der Waals surface area contributed by atoms with Crippen molar-refractivity contribution in [2.24, 2.45) is 5.92 Å². The third-order valence-electron chi connectivity index (χ3n) is 5.34. The lowest BCUT2D eigenvalue weighted by molar-refractivity contribution is -0.179. The van der Waals surface area contributed by atoms with Crippen LogP contribution in [0.2, 0.25) is 0 Å².